The maximum Gasteiger partial charge on any atom is 0.115 e. The lowest BCUT2D eigenvalue weighted by Gasteiger charge is -2.14. The summed E-state index contributed by atoms with van der Waals surface area (Å²) in [5.41, 5.74) is 4.72. The van der Waals surface area contributed by atoms with Crippen molar-refractivity contribution in [3.8, 4) is 0 Å². The van der Waals surface area contributed by atoms with Gasteiger partial charge in [0, 0.05) is 18.0 Å². The molecule has 0 aliphatic carbocycles. The zero-order chi connectivity index (χ0) is 11.5. The Morgan fingerprint density at radius 3 is 2.50 bits per heavy atom. The second kappa shape index (κ2) is 4.65. The van der Waals surface area contributed by atoms with Crippen LogP contribution in [0.2, 0.25) is 0 Å². The van der Waals surface area contributed by atoms with Gasteiger partial charge < -0.3 is 0 Å². The van der Waals surface area contributed by atoms with Crippen molar-refractivity contribution in [2.45, 2.75) is 19.9 Å². The Morgan fingerprint density at radius 2 is 2.00 bits per heavy atom. The van der Waals surface area contributed by atoms with Crippen molar-refractivity contribution in [3.05, 3.63) is 39.9 Å². The third-order valence-corrected chi connectivity index (χ3v) is 3.42. The van der Waals surface area contributed by atoms with E-state index in [4.69, 9.17) is 5.84 Å². The standard InChI is InChI=1S/C10H13N5S/c1-6-10(16-7(2)14-6)9(15-11)8-3-12-5-13-4-8/h3-5,9,15H,11H2,1-2H3. The summed E-state index contributed by atoms with van der Waals surface area (Å²) < 4.78 is 0. The van der Waals surface area contributed by atoms with E-state index in [9.17, 15) is 0 Å². The van der Waals surface area contributed by atoms with E-state index in [-0.39, 0.29) is 6.04 Å². The minimum atomic E-state index is -0.0904. The molecular weight excluding hydrogens is 222 g/mol. The highest BCUT2D eigenvalue weighted by molar-refractivity contribution is 7.11. The van der Waals surface area contributed by atoms with Crippen LogP contribution >= 0.6 is 11.3 Å². The lowest BCUT2D eigenvalue weighted by atomic mass is 10.1. The molecule has 0 fully saturated rings. The molecule has 1 atom stereocenters. The first-order chi connectivity index (χ1) is 7.72. The molecule has 84 valence electrons. The van der Waals surface area contributed by atoms with Gasteiger partial charge in [0.2, 0.25) is 0 Å². The topological polar surface area (TPSA) is 76.7 Å². The van der Waals surface area contributed by atoms with Crippen molar-refractivity contribution in [1.29, 1.82) is 0 Å². The summed E-state index contributed by atoms with van der Waals surface area (Å²) in [6.07, 6.45) is 5.01. The second-order valence-electron chi connectivity index (χ2n) is 3.45. The van der Waals surface area contributed by atoms with Crippen molar-refractivity contribution in [3.63, 3.8) is 0 Å². The van der Waals surface area contributed by atoms with E-state index < -0.39 is 0 Å². The van der Waals surface area contributed by atoms with Gasteiger partial charge in [-0.2, -0.15) is 0 Å². The van der Waals surface area contributed by atoms with E-state index in [0.29, 0.717) is 0 Å². The van der Waals surface area contributed by atoms with Crippen LogP contribution < -0.4 is 11.3 Å². The van der Waals surface area contributed by atoms with Gasteiger partial charge in [0.1, 0.15) is 6.33 Å². The van der Waals surface area contributed by atoms with Crippen molar-refractivity contribution < 1.29 is 0 Å². The highest BCUT2D eigenvalue weighted by Gasteiger charge is 2.18. The average molecular weight is 235 g/mol. The highest BCUT2D eigenvalue weighted by atomic mass is 32.1. The Balaban J connectivity index is 2.40. The molecule has 2 heterocycles. The number of nitrogens with one attached hydrogen (secondary N) is 1. The first kappa shape index (κ1) is 11.1. The van der Waals surface area contributed by atoms with E-state index in [1.807, 2.05) is 13.8 Å². The molecular formula is C10H13N5S. The molecule has 0 saturated carbocycles. The number of rotatable bonds is 3. The van der Waals surface area contributed by atoms with Crippen molar-refractivity contribution in [2.75, 3.05) is 0 Å². The molecule has 6 heteroatoms. The fourth-order valence-corrected chi connectivity index (χ4v) is 2.61. The van der Waals surface area contributed by atoms with E-state index in [1.165, 1.54) is 6.33 Å². The maximum absolute atomic E-state index is 5.59. The third kappa shape index (κ3) is 2.08. The third-order valence-electron chi connectivity index (χ3n) is 2.28. The van der Waals surface area contributed by atoms with Gasteiger partial charge in [0.05, 0.1) is 21.6 Å². The largest absolute Gasteiger partial charge is 0.271 e. The molecule has 16 heavy (non-hydrogen) atoms. The number of nitrogens with two attached hydrogens (primary N) is 1. The molecule has 3 N–H and O–H groups in total. The zero-order valence-corrected chi connectivity index (χ0v) is 9.95. The molecule has 0 radical (unpaired) electrons. The van der Waals surface area contributed by atoms with E-state index in [0.717, 1.165) is 21.1 Å². The number of aromatic nitrogens is 3. The minimum Gasteiger partial charge on any atom is -0.271 e. The van der Waals surface area contributed by atoms with Crippen LogP contribution in [0.25, 0.3) is 0 Å². The van der Waals surface area contributed by atoms with Crippen LogP contribution in [0.1, 0.15) is 27.2 Å². The molecule has 1 unspecified atom stereocenters. The molecule has 0 saturated heterocycles. The summed E-state index contributed by atoms with van der Waals surface area (Å²) in [7, 11) is 0. The molecule has 2 aromatic rings. The van der Waals surface area contributed by atoms with Crippen molar-refractivity contribution in [2.24, 2.45) is 5.84 Å². The Morgan fingerprint density at radius 1 is 1.31 bits per heavy atom. The number of hydrazine groups is 1. The lowest BCUT2D eigenvalue weighted by Crippen LogP contribution is -2.28. The van der Waals surface area contributed by atoms with Gasteiger partial charge in [-0.1, -0.05) is 0 Å². The summed E-state index contributed by atoms with van der Waals surface area (Å²) in [6.45, 7) is 3.96. The summed E-state index contributed by atoms with van der Waals surface area (Å²) in [6, 6.07) is -0.0904. The van der Waals surface area contributed by atoms with Gasteiger partial charge in [-0.05, 0) is 13.8 Å². The molecule has 2 rings (SSSR count). The number of nitrogens with zero attached hydrogens (tertiary/aromatic N) is 3. The maximum atomic E-state index is 5.59. The van der Waals surface area contributed by atoms with Crippen LogP contribution in [-0.4, -0.2) is 15.0 Å². The molecule has 0 aromatic carbocycles. The molecule has 0 aliphatic rings. The molecule has 0 spiro atoms. The van der Waals surface area contributed by atoms with E-state index in [1.54, 1.807) is 23.7 Å². The first-order valence-corrected chi connectivity index (χ1v) is 5.69. The Bertz CT molecular complexity index is 467. The van der Waals surface area contributed by atoms with Gasteiger partial charge in [0.15, 0.2) is 0 Å². The molecule has 5 nitrogen and oxygen atoms in total. The summed E-state index contributed by atoms with van der Waals surface area (Å²) in [5, 5.41) is 1.03. The van der Waals surface area contributed by atoms with Crippen LogP contribution in [0.15, 0.2) is 18.7 Å². The van der Waals surface area contributed by atoms with Gasteiger partial charge >= 0.3 is 0 Å². The van der Waals surface area contributed by atoms with Gasteiger partial charge in [-0.15, -0.1) is 11.3 Å². The Labute approximate surface area is 97.7 Å². The first-order valence-electron chi connectivity index (χ1n) is 4.87. The van der Waals surface area contributed by atoms with Crippen LogP contribution in [0, 0.1) is 13.8 Å². The van der Waals surface area contributed by atoms with Crippen LogP contribution in [-0.2, 0) is 0 Å². The lowest BCUT2D eigenvalue weighted by molar-refractivity contribution is 0.637. The quantitative estimate of drug-likeness (QED) is 0.615. The Hall–Kier alpha value is -1.37. The second-order valence-corrected chi connectivity index (χ2v) is 4.69. The fraction of sp³-hybridized carbons (Fsp3) is 0.300. The summed E-state index contributed by atoms with van der Waals surface area (Å²) >= 11 is 1.63. The normalized spacial score (nSPS) is 12.7. The number of thiazole rings is 1. The van der Waals surface area contributed by atoms with Gasteiger partial charge in [-0.3, -0.25) is 5.84 Å². The number of hydrogen-bond acceptors (Lipinski definition) is 6. The van der Waals surface area contributed by atoms with Crippen LogP contribution in [0.5, 0.6) is 0 Å². The predicted octanol–water partition coefficient (Wildman–Crippen LogP) is 1.10. The smallest absolute Gasteiger partial charge is 0.115 e. The summed E-state index contributed by atoms with van der Waals surface area (Å²) in [5.74, 6) is 5.59. The predicted molar refractivity (Wildman–Crippen MR) is 62.8 cm³/mol. The molecule has 0 aliphatic heterocycles. The molecule has 0 bridgehead atoms. The summed E-state index contributed by atoms with van der Waals surface area (Å²) in [4.78, 5) is 13.5. The van der Waals surface area contributed by atoms with E-state index in [2.05, 4.69) is 20.4 Å². The SMILES string of the molecule is Cc1nc(C)c(C(NN)c2cncnc2)s1. The van der Waals surface area contributed by atoms with Crippen molar-refractivity contribution in [1.82, 2.24) is 20.4 Å². The van der Waals surface area contributed by atoms with Gasteiger partial charge in [-0.25, -0.2) is 20.4 Å². The number of hydrogen-bond donors (Lipinski definition) is 2. The molecule has 2 aromatic heterocycles. The zero-order valence-electron chi connectivity index (χ0n) is 9.14. The Kier molecular flexibility index (Phi) is 3.23. The van der Waals surface area contributed by atoms with Crippen LogP contribution in [0.3, 0.4) is 0 Å². The minimum absolute atomic E-state index is 0.0904. The van der Waals surface area contributed by atoms with E-state index >= 15 is 0 Å². The monoisotopic (exact) mass is 235 g/mol. The highest BCUT2D eigenvalue weighted by Crippen LogP contribution is 2.28. The van der Waals surface area contributed by atoms with Crippen LogP contribution in [0.4, 0.5) is 0 Å². The van der Waals surface area contributed by atoms with Crippen molar-refractivity contribution >= 4 is 11.3 Å². The molecule has 0 amide bonds. The average Bonchev–Trinajstić information content (AvgIpc) is 2.61. The number of aryl methyl sites for hydroxylation is 2. The fourth-order valence-electron chi connectivity index (χ4n) is 1.60. The van der Waals surface area contributed by atoms with Gasteiger partial charge in [0.25, 0.3) is 0 Å².